The van der Waals surface area contributed by atoms with Gasteiger partial charge in [0.25, 0.3) is 5.91 Å². The fraction of sp³-hybridized carbons (Fsp3) is 0.0800. The Morgan fingerprint density at radius 3 is 2.39 bits per heavy atom. The number of rotatable bonds is 7. The second-order valence-electron chi connectivity index (χ2n) is 6.97. The minimum Gasteiger partial charge on any atom is -0.484 e. The Kier molecular flexibility index (Phi) is 6.18. The van der Waals surface area contributed by atoms with Gasteiger partial charge in [0.2, 0.25) is 0 Å². The molecule has 1 amide bonds. The minimum atomic E-state index is -0.340. The summed E-state index contributed by atoms with van der Waals surface area (Å²) in [6.45, 7) is 1.93. The van der Waals surface area contributed by atoms with Gasteiger partial charge in [0.1, 0.15) is 11.4 Å². The lowest BCUT2D eigenvalue weighted by atomic mass is 10.1. The fourth-order valence-electron chi connectivity index (χ4n) is 3.00. The quantitative estimate of drug-likeness (QED) is 0.363. The Labute approximate surface area is 180 Å². The van der Waals surface area contributed by atoms with Crippen LogP contribution in [0.1, 0.15) is 11.1 Å². The molecule has 31 heavy (non-hydrogen) atoms. The number of hydrogen-bond donors (Lipinski definition) is 1. The van der Waals surface area contributed by atoms with Crippen LogP contribution < -0.4 is 10.2 Å². The van der Waals surface area contributed by atoms with Crippen molar-refractivity contribution >= 4 is 12.1 Å². The molecule has 0 bridgehead atoms. The number of amides is 1. The minimum absolute atomic E-state index is 0.116. The number of carbonyl (C=O) groups is 1. The molecule has 0 aliphatic heterocycles. The first kappa shape index (κ1) is 20.1. The number of hydrogen-bond acceptors (Lipinski definition) is 4. The molecule has 1 N–H and O–H groups in total. The third-order valence-corrected chi connectivity index (χ3v) is 4.59. The highest BCUT2D eigenvalue weighted by Crippen LogP contribution is 2.23. The predicted octanol–water partition coefficient (Wildman–Crippen LogP) is 4.38. The van der Waals surface area contributed by atoms with Crippen molar-refractivity contribution in [1.29, 1.82) is 0 Å². The molecule has 0 aliphatic rings. The van der Waals surface area contributed by atoms with Crippen LogP contribution in [-0.2, 0) is 4.79 Å². The Hall–Kier alpha value is -4.19. The molecular weight excluding hydrogens is 388 g/mol. The van der Waals surface area contributed by atoms with Gasteiger partial charge in [-0.2, -0.15) is 10.2 Å². The summed E-state index contributed by atoms with van der Waals surface area (Å²) in [5.74, 6) is 0.292. The van der Waals surface area contributed by atoms with Gasteiger partial charge >= 0.3 is 0 Å². The van der Waals surface area contributed by atoms with E-state index < -0.39 is 0 Å². The van der Waals surface area contributed by atoms with Crippen LogP contribution in [0.2, 0.25) is 0 Å². The second-order valence-corrected chi connectivity index (χ2v) is 6.97. The molecule has 1 heterocycles. The van der Waals surface area contributed by atoms with E-state index in [0.29, 0.717) is 5.75 Å². The molecule has 0 aliphatic carbocycles. The highest BCUT2D eigenvalue weighted by atomic mass is 16.5. The van der Waals surface area contributed by atoms with Crippen LogP contribution in [-0.4, -0.2) is 28.5 Å². The van der Waals surface area contributed by atoms with E-state index in [0.717, 1.165) is 22.5 Å². The van der Waals surface area contributed by atoms with Crippen LogP contribution in [0.25, 0.3) is 16.9 Å². The lowest BCUT2D eigenvalue weighted by molar-refractivity contribution is -0.123. The van der Waals surface area contributed by atoms with E-state index in [9.17, 15) is 4.79 Å². The van der Waals surface area contributed by atoms with Crippen LogP contribution in [0.4, 0.5) is 0 Å². The first-order valence-corrected chi connectivity index (χ1v) is 9.91. The zero-order valence-electron chi connectivity index (χ0n) is 17.1. The van der Waals surface area contributed by atoms with E-state index in [1.807, 2.05) is 85.9 Å². The first-order chi connectivity index (χ1) is 15.2. The number of hydrazone groups is 1. The molecule has 154 valence electrons. The molecule has 4 aromatic rings. The zero-order chi connectivity index (χ0) is 21.5. The van der Waals surface area contributed by atoms with Gasteiger partial charge in [-0.05, 0) is 31.2 Å². The molecule has 0 spiro atoms. The van der Waals surface area contributed by atoms with Gasteiger partial charge in [-0.3, -0.25) is 4.79 Å². The van der Waals surface area contributed by atoms with Crippen LogP contribution in [0.15, 0.2) is 96.2 Å². The van der Waals surface area contributed by atoms with E-state index in [1.165, 1.54) is 5.56 Å². The van der Waals surface area contributed by atoms with E-state index in [1.54, 1.807) is 23.0 Å². The molecule has 6 nitrogen and oxygen atoms in total. The molecule has 0 fully saturated rings. The van der Waals surface area contributed by atoms with E-state index >= 15 is 0 Å². The van der Waals surface area contributed by atoms with Crippen molar-refractivity contribution in [2.24, 2.45) is 5.10 Å². The van der Waals surface area contributed by atoms with Gasteiger partial charge in [0, 0.05) is 17.3 Å². The third-order valence-electron chi connectivity index (χ3n) is 4.59. The molecule has 0 unspecified atom stereocenters. The average molecular weight is 410 g/mol. The second kappa shape index (κ2) is 9.54. The van der Waals surface area contributed by atoms with Crippen LogP contribution in [0.5, 0.6) is 5.75 Å². The molecule has 0 saturated carbocycles. The van der Waals surface area contributed by atoms with Crippen molar-refractivity contribution in [3.63, 3.8) is 0 Å². The smallest absolute Gasteiger partial charge is 0.277 e. The molecule has 1 aromatic heterocycles. The van der Waals surface area contributed by atoms with Crippen LogP contribution >= 0.6 is 0 Å². The van der Waals surface area contributed by atoms with Crippen molar-refractivity contribution in [3.05, 3.63) is 102 Å². The summed E-state index contributed by atoms with van der Waals surface area (Å²) >= 11 is 0. The summed E-state index contributed by atoms with van der Waals surface area (Å²) in [6.07, 6.45) is 3.49. The van der Waals surface area contributed by atoms with Gasteiger partial charge in [-0.15, -0.1) is 0 Å². The number of benzene rings is 3. The SMILES string of the molecule is Cc1ccc(-c2nn(-c3ccccc3)cc2C=NNC(=O)COc2ccccc2)cc1. The standard InChI is InChI=1S/C25H22N4O2/c1-19-12-14-20(15-13-19)25-21(17-29(28-25)22-8-4-2-5-9-22)16-26-27-24(30)18-31-23-10-6-3-7-11-23/h2-17H,18H2,1H3,(H,27,30). The predicted molar refractivity (Wildman–Crippen MR) is 121 cm³/mol. The molecule has 6 heteroatoms. The summed E-state index contributed by atoms with van der Waals surface area (Å²) in [4.78, 5) is 12.1. The van der Waals surface area contributed by atoms with E-state index in [-0.39, 0.29) is 12.5 Å². The number of ether oxygens (including phenoxy) is 1. The summed E-state index contributed by atoms with van der Waals surface area (Å²) in [5, 5.41) is 8.85. The van der Waals surface area contributed by atoms with Gasteiger partial charge in [0.05, 0.1) is 11.9 Å². The summed E-state index contributed by atoms with van der Waals surface area (Å²) < 4.78 is 7.24. The number of para-hydroxylation sites is 2. The lowest BCUT2D eigenvalue weighted by Gasteiger charge is -2.04. The Bertz CT molecular complexity index is 1170. The topological polar surface area (TPSA) is 68.5 Å². The maximum Gasteiger partial charge on any atom is 0.277 e. The van der Waals surface area contributed by atoms with Crippen molar-refractivity contribution < 1.29 is 9.53 Å². The fourth-order valence-corrected chi connectivity index (χ4v) is 3.00. The van der Waals surface area contributed by atoms with Crippen molar-refractivity contribution in [2.45, 2.75) is 6.92 Å². The number of carbonyl (C=O) groups excluding carboxylic acids is 1. The molecule has 3 aromatic carbocycles. The highest BCUT2D eigenvalue weighted by Gasteiger charge is 2.11. The summed E-state index contributed by atoms with van der Waals surface area (Å²) in [5.41, 5.74) is 7.16. The van der Waals surface area contributed by atoms with Crippen molar-refractivity contribution in [3.8, 4) is 22.7 Å². The Morgan fingerprint density at radius 1 is 1.00 bits per heavy atom. The normalized spacial score (nSPS) is 10.9. The van der Waals surface area contributed by atoms with E-state index in [4.69, 9.17) is 9.84 Å². The first-order valence-electron chi connectivity index (χ1n) is 9.91. The number of aromatic nitrogens is 2. The van der Waals surface area contributed by atoms with Gasteiger partial charge < -0.3 is 4.74 Å². The molecule has 0 radical (unpaired) electrons. The summed E-state index contributed by atoms with van der Waals surface area (Å²) in [7, 11) is 0. The third kappa shape index (κ3) is 5.25. The van der Waals surface area contributed by atoms with Crippen LogP contribution in [0, 0.1) is 6.92 Å². The van der Waals surface area contributed by atoms with Crippen molar-refractivity contribution in [1.82, 2.24) is 15.2 Å². The molecular formula is C25H22N4O2. The lowest BCUT2D eigenvalue weighted by Crippen LogP contribution is -2.24. The number of aryl methyl sites for hydroxylation is 1. The number of nitrogens with one attached hydrogen (secondary N) is 1. The largest absolute Gasteiger partial charge is 0.484 e. The highest BCUT2D eigenvalue weighted by molar-refractivity contribution is 5.89. The average Bonchev–Trinajstić information content (AvgIpc) is 3.24. The maximum atomic E-state index is 12.1. The Balaban J connectivity index is 1.51. The summed E-state index contributed by atoms with van der Waals surface area (Å²) in [6, 6.07) is 27.2. The molecule has 0 atom stereocenters. The Morgan fingerprint density at radius 2 is 1.68 bits per heavy atom. The maximum absolute atomic E-state index is 12.1. The van der Waals surface area contributed by atoms with Gasteiger partial charge in [-0.25, -0.2) is 10.1 Å². The van der Waals surface area contributed by atoms with Gasteiger partial charge in [-0.1, -0.05) is 66.2 Å². The van der Waals surface area contributed by atoms with E-state index in [2.05, 4.69) is 10.5 Å². The zero-order valence-corrected chi connectivity index (χ0v) is 17.1. The molecule has 4 rings (SSSR count). The number of nitrogens with zero attached hydrogens (tertiary/aromatic N) is 3. The molecule has 0 saturated heterocycles. The van der Waals surface area contributed by atoms with Crippen LogP contribution in [0.3, 0.4) is 0 Å². The monoisotopic (exact) mass is 410 g/mol. The van der Waals surface area contributed by atoms with Gasteiger partial charge in [0.15, 0.2) is 6.61 Å². The van der Waals surface area contributed by atoms with Crippen molar-refractivity contribution in [2.75, 3.05) is 6.61 Å².